The monoisotopic (exact) mass is 322 g/mol. The van der Waals surface area contributed by atoms with Gasteiger partial charge in [-0.2, -0.15) is 0 Å². The van der Waals surface area contributed by atoms with Crippen molar-refractivity contribution >= 4 is 11.8 Å². The number of ether oxygens (including phenoxy) is 1. The Labute approximate surface area is 133 Å². The predicted octanol–water partition coefficient (Wildman–Crippen LogP) is 2.38. The molecule has 5 nitrogen and oxygen atoms in total. The van der Waals surface area contributed by atoms with Crippen molar-refractivity contribution < 1.29 is 9.13 Å². The largest absolute Gasteiger partial charge is 0.381 e. The number of thioether (sulfide) groups is 1. The molecule has 0 saturated carbocycles. The summed E-state index contributed by atoms with van der Waals surface area (Å²) in [5.74, 6) is 1.89. The number of hydrogen-bond acceptors (Lipinski definition) is 5. The first-order valence-corrected chi connectivity index (χ1v) is 8.37. The van der Waals surface area contributed by atoms with Gasteiger partial charge in [0, 0.05) is 18.0 Å². The van der Waals surface area contributed by atoms with Gasteiger partial charge in [0.2, 0.25) is 0 Å². The lowest BCUT2D eigenvalue weighted by Gasteiger charge is -2.21. The predicted molar refractivity (Wildman–Crippen MR) is 83.5 cm³/mol. The van der Waals surface area contributed by atoms with E-state index in [0.29, 0.717) is 11.7 Å². The lowest BCUT2D eigenvalue weighted by molar-refractivity contribution is 0.0632. The van der Waals surface area contributed by atoms with Crippen LogP contribution in [0.25, 0.3) is 5.69 Å². The highest BCUT2D eigenvalue weighted by Crippen LogP contribution is 2.26. The maximum Gasteiger partial charge on any atom is 0.195 e. The summed E-state index contributed by atoms with van der Waals surface area (Å²) in [5.41, 5.74) is 6.57. The van der Waals surface area contributed by atoms with E-state index in [2.05, 4.69) is 10.2 Å². The van der Waals surface area contributed by atoms with Gasteiger partial charge < -0.3 is 10.5 Å². The van der Waals surface area contributed by atoms with Crippen molar-refractivity contribution in [2.24, 2.45) is 11.7 Å². The molecule has 1 atom stereocenters. The molecular weight excluding hydrogens is 303 g/mol. The molecule has 2 heterocycles. The average Bonchev–Trinajstić information content (AvgIpc) is 2.97. The Balaban J connectivity index is 1.79. The van der Waals surface area contributed by atoms with Crippen molar-refractivity contribution in [3.05, 3.63) is 35.9 Å². The average molecular weight is 322 g/mol. The number of benzene rings is 1. The molecule has 0 amide bonds. The van der Waals surface area contributed by atoms with E-state index >= 15 is 0 Å². The Bertz CT molecular complexity index is 611. The fourth-order valence-electron chi connectivity index (χ4n) is 2.51. The smallest absolute Gasteiger partial charge is 0.195 e. The van der Waals surface area contributed by atoms with Crippen LogP contribution in [-0.4, -0.2) is 33.7 Å². The van der Waals surface area contributed by atoms with Gasteiger partial charge in [-0.1, -0.05) is 11.8 Å². The summed E-state index contributed by atoms with van der Waals surface area (Å²) in [4.78, 5) is 0. The van der Waals surface area contributed by atoms with Gasteiger partial charge in [-0.15, -0.1) is 10.2 Å². The molecule has 0 spiro atoms. The number of aromatic nitrogens is 3. The van der Waals surface area contributed by atoms with Crippen molar-refractivity contribution in [1.29, 1.82) is 0 Å². The molecule has 0 aliphatic carbocycles. The van der Waals surface area contributed by atoms with Crippen LogP contribution in [0.4, 0.5) is 4.39 Å². The lowest BCUT2D eigenvalue weighted by Crippen LogP contribution is -2.19. The van der Waals surface area contributed by atoms with E-state index in [1.807, 2.05) is 4.57 Å². The van der Waals surface area contributed by atoms with Crippen LogP contribution in [0.5, 0.6) is 0 Å². The molecule has 2 N–H and O–H groups in total. The molecule has 0 radical (unpaired) electrons. The van der Waals surface area contributed by atoms with Crippen molar-refractivity contribution in [3.63, 3.8) is 0 Å². The van der Waals surface area contributed by atoms with Crippen molar-refractivity contribution in [2.75, 3.05) is 19.0 Å². The van der Waals surface area contributed by atoms with Crippen LogP contribution in [0.3, 0.4) is 0 Å². The second-order valence-corrected chi connectivity index (χ2v) is 6.30. The zero-order valence-electron chi connectivity index (χ0n) is 12.2. The molecule has 1 saturated heterocycles. The van der Waals surface area contributed by atoms with Gasteiger partial charge >= 0.3 is 0 Å². The summed E-state index contributed by atoms with van der Waals surface area (Å²) < 4.78 is 20.5. The zero-order valence-corrected chi connectivity index (χ0v) is 13.1. The highest BCUT2D eigenvalue weighted by atomic mass is 32.2. The molecule has 0 bridgehead atoms. The van der Waals surface area contributed by atoms with Gasteiger partial charge in [-0.25, -0.2) is 4.39 Å². The molecule has 3 rings (SSSR count). The second-order valence-electron chi connectivity index (χ2n) is 5.31. The van der Waals surface area contributed by atoms with Crippen LogP contribution in [0.2, 0.25) is 0 Å². The topological polar surface area (TPSA) is 66.0 Å². The number of rotatable bonds is 5. The first-order chi connectivity index (χ1) is 10.8. The van der Waals surface area contributed by atoms with Crippen LogP contribution in [0, 0.1) is 11.7 Å². The fourth-order valence-corrected chi connectivity index (χ4v) is 3.59. The summed E-state index contributed by atoms with van der Waals surface area (Å²) in [7, 11) is 0. The van der Waals surface area contributed by atoms with E-state index in [1.54, 1.807) is 23.9 Å². The Morgan fingerprint density at radius 3 is 2.82 bits per heavy atom. The molecule has 1 aromatic heterocycles. The van der Waals surface area contributed by atoms with E-state index in [9.17, 15) is 4.39 Å². The Kier molecular flexibility index (Phi) is 5.07. The summed E-state index contributed by atoms with van der Waals surface area (Å²) in [6.07, 6.45) is 2.30. The lowest BCUT2D eigenvalue weighted by atomic mass is 10.1. The van der Waals surface area contributed by atoms with Crippen molar-refractivity contribution in [2.45, 2.75) is 24.5 Å². The molecule has 7 heteroatoms. The SMILES string of the molecule is NCc1nnc(SC[C@H]2CCCOC2)n1-c1ccc(F)cc1. The molecule has 1 aliphatic heterocycles. The minimum absolute atomic E-state index is 0.264. The third-order valence-electron chi connectivity index (χ3n) is 3.67. The van der Waals surface area contributed by atoms with Gasteiger partial charge in [0.15, 0.2) is 11.0 Å². The first-order valence-electron chi connectivity index (χ1n) is 7.39. The second kappa shape index (κ2) is 7.21. The van der Waals surface area contributed by atoms with Gasteiger partial charge in [-0.05, 0) is 43.0 Å². The third-order valence-corrected chi connectivity index (χ3v) is 4.83. The quantitative estimate of drug-likeness (QED) is 0.856. The molecule has 0 unspecified atom stereocenters. The number of nitrogens with zero attached hydrogens (tertiary/aromatic N) is 3. The van der Waals surface area contributed by atoms with Gasteiger partial charge in [0.05, 0.1) is 13.2 Å². The Morgan fingerprint density at radius 2 is 2.14 bits per heavy atom. The summed E-state index contributed by atoms with van der Waals surface area (Å²) in [5, 5.41) is 9.16. The number of nitrogens with two attached hydrogens (primary N) is 1. The molecular formula is C15H19FN4OS. The number of halogens is 1. The minimum Gasteiger partial charge on any atom is -0.381 e. The maximum absolute atomic E-state index is 13.1. The maximum atomic E-state index is 13.1. The Morgan fingerprint density at radius 1 is 1.32 bits per heavy atom. The molecule has 1 aliphatic rings. The van der Waals surface area contributed by atoms with E-state index in [4.69, 9.17) is 10.5 Å². The van der Waals surface area contributed by atoms with Crippen LogP contribution < -0.4 is 5.73 Å². The van der Waals surface area contributed by atoms with Gasteiger partial charge in [0.25, 0.3) is 0 Å². The molecule has 1 fully saturated rings. The Hall–Kier alpha value is -1.44. The third kappa shape index (κ3) is 3.48. The minimum atomic E-state index is -0.264. The zero-order chi connectivity index (χ0) is 15.4. The van der Waals surface area contributed by atoms with Crippen molar-refractivity contribution in [3.8, 4) is 5.69 Å². The van der Waals surface area contributed by atoms with E-state index in [0.717, 1.165) is 36.2 Å². The first kappa shape index (κ1) is 15.5. The summed E-state index contributed by atoms with van der Waals surface area (Å²) >= 11 is 1.65. The fraction of sp³-hybridized carbons (Fsp3) is 0.467. The van der Waals surface area contributed by atoms with Crippen LogP contribution in [-0.2, 0) is 11.3 Å². The van der Waals surface area contributed by atoms with Crippen LogP contribution >= 0.6 is 11.8 Å². The molecule has 22 heavy (non-hydrogen) atoms. The number of hydrogen-bond donors (Lipinski definition) is 1. The van der Waals surface area contributed by atoms with Gasteiger partial charge in [0.1, 0.15) is 5.82 Å². The van der Waals surface area contributed by atoms with E-state index in [1.165, 1.54) is 18.6 Å². The van der Waals surface area contributed by atoms with Crippen molar-refractivity contribution in [1.82, 2.24) is 14.8 Å². The normalized spacial score (nSPS) is 18.5. The van der Waals surface area contributed by atoms with E-state index in [-0.39, 0.29) is 12.4 Å². The highest BCUT2D eigenvalue weighted by Gasteiger charge is 2.18. The van der Waals surface area contributed by atoms with Crippen LogP contribution in [0.15, 0.2) is 29.4 Å². The molecule has 2 aromatic rings. The highest BCUT2D eigenvalue weighted by molar-refractivity contribution is 7.99. The van der Waals surface area contributed by atoms with Crippen LogP contribution in [0.1, 0.15) is 18.7 Å². The molecule has 1 aromatic carbocycles. The summed E-state index contributed by atoms with van der Waals surface area (Å²) in [6, 6.07) is 6.29. The standard InChI is InChI=1S/C15H19FN4OS/c16-12-3-5-13(6-4-12)20-14(8-17)18-19-15(20)22-10-11-2-1-7-21-9-11/h3-6,11H,1-2,7-10,17H2/t11-/m0/s1. The van der Waals surface area contributed by atoms with Gasteiger partial charge in [-0.3, -0.25) is 4.57 Å². The molecule has 118 valence electrons. The van der Waals surface area contributed by atoms with E-state index < -0.39 is 0 Å². The summed E-state index contributed by atoms with van der Waals surface area (Å²) in [6.45, 7) is 1.96.